The molecule has 0 bridgehead atoms. The molecule has 0 unspecified atom stereocenters. The number of fused-ring (bicyclic) bond motifs is 1. The smallest absolute Gasteiger partial charge is 0.416 e. The van der Waals surface area contributed by atoms with Crippen LogP contribution in [-0.4, -0.2) is 67.5 Å². The number of aromatic nitrogens is 3. The first-order valence-corrected chi connectivity index (χ1v) is 14.4. The quantitative estimate of drug-likeness (QED) is 0.238. The number of nitrogens with one attached hydrogen (secondary N) is 1. The fourth-order valence-corrected chi connectivity index (χ4v) is 5.24. The van der Waals surface area contributed by atoms with Crippen LogP contribution in [0.5, 0.6) is 0 Å². The number of carbonyl (C=O) groups excluding carboxylic acids is 1. The number of rotatable bonds is 5. The Morgan fingerprint density at radius 1 is 0.891 bits per heavy atom. The van der Waals surface area contributed by atoms with Gasteiger partial charge in [0, 0.05) is 56.2 Å². The van der Waals surface area contributed by atoms with Crippen LogP contribution in [0.1, 0.15) is 32.7 Å². The number of hydrogen-bond donors (Lipinski definition) is 2. The van der Waals surface area contributed by atoms with Crippen molar-refractivity contribution in [2.75, 3.05) is 31.5 Å². The molecule has 232 valence electrons. The Bertz CT molecular complexity index is 1970. The summed E-state index contributed by atoms with van der Waals surface area (Å²) in [5, 5.41) is 11.7. The van der Waals surface area contributed by atoms with Gasteiger partial charge in [-0.1, -0.05) is 42.3 Å². The maximum absolute atomic E-state index is 14.0. The van der Waals surface area contributed by atoms with Gasteiger partial charge in [-0.3, -0.25) is 14.1 Å². The minimum Gasteiger partial charge on any atom is -0.465 e. The lowest BCUT2D eigenvalue weighted by Gasteiger charge is -2.33. The fraction of sp³-hybridized carbons (Fsp3) is 0.176. The number of anilines is 1. The molecule has 2 aromatic carbocycles. The SMILES string of the molecule is O=C(Nc1cc(C#Cc2cnc3cc(-c4ccccc4)ccn23)ccn1)c1ccc(CN2CCN(C(=O)O)CC2)c(C(F)(F)F)c1. The average molecular weight is 625 g/mol. The molecular weight excluding hydrogens is 597 g/mol. The van der Waals surface area contributed by atoms with E-state index in [9.17, 15) is 22.8 Å². The van der Waals surface area contributed by atoms with E-state index in [1.165, 1.54) is 29.3 Å². The molecule has 1 aliphatic rings. The van der Waals surface area contributed by atoms with Crippen LogP contribution >= 0.6 is 0 Å². The molecule has 0 atom stereocenters. The van der Waals surface area contributed by atoms with Gasteiger partial charge in [-0.2, -0.15) is 13.2 Å². The summed E-state index contributed by atoms with van der Waals surface area (Å²) < 4.78 is 43.9. The van der Waals surface area contributed by atoms with E-state index in [0.29, 0.717) is 24.3 Å². The summed E-state index contributed by atoms with van der Waals surface area (Å²) in [6, 6.07) is 20.6. The summed E-state index contributed by atoms with van der Waals surface area (Å²) >= 11 is 0. The Labute approximate surface area is 261 Å². The predicted molar refractivity (Wildman–Crippen MR) is 165 cm³/mol. The molecule has 12 heteroatoms. The van der Waals surface area contributed by atoms with E-state index in [2.05, 4.69) is 27.1 Å². The molecule has 4 heterocycles. The number of amides is 2. The van der Waals surface area contributed by atoms with Gasteiger partial charge in [0.15, 0.2) is 0 Å². The number of alkyl halides is 3. The van der Waals surface area contributed by atoms with Crippen molar-refractivity contribution in [2.24, 2.45) is 0 Å². The van der Waals surface area contributed by atoms with Crippen molar-refractivity contribution in [3.8, 4) is 23.0 Å². The number of nitrogens with zero attached hydrogens (tertiary/aromatic N) is 5. The van der Waals surface area contributed by atoms with Gasteiger partial charge >= 0.3 is 12.3 Å². The van der Waals surface area contributed by atoms with E-state index in [1.807, 2.05) is 53.1 Å². The standard InChI is InChI=1S/C34H27F3N6O3/c35-34(36,37)29-19-26(7-8-27(29)22-41-14-16-42(17-15-41)33(45)46)32(44)40-30-18-23(10-12-38-30)6-9-28-21-39-31-20-25(11-13-43(28)31)24-4-2-1-3-5-24/h1-5,7-8,10-13,18-21H,14-17,22H2,(H,45,46)(H,38,40,44). The van der Waals surface area contributed by atoms with Gasteiger partial charge in [-0.05, 0) is 59.0 Å². The largest absolute Gasteiger partial charge is 0.465 e. The second kappa shape index (κ2) is 12.7. The number of pyridine rings is 2. The molecule has 0 spiro atoms. The van der Waals surface area contributed by atoms with E-state index < -0.39 is 23.7 Å². The molecule has 3 aromatic heterocycles. The van der Waals surface area contributed by atoms with E-state index in [0.717, 1.165) is 22.8 Å². The van der Waals surface area contributed by atoms with Gasteiger partial charge in [0.25, 0.3) is 5.91 Å². The normalized spacial score (nSPS) is 13.7. The average Bonchev–Trinajstić information content (AvgIpc) is 3.46. The Balaban J connectivity index is 1.15. The summed E-state index contributed by atoms with van der Waals surface area (Å²) in [6.07, 6.45) is -0.730. The van der Waals surface area contributed by atoms with Crippen molar-refractivity contribution in [1.82, 2.24) is 24.2 Å². The van der Waals surface area contributed by atoms with Gasteiger partial charge in [-0.15, -0.1) is 0 Å². The topological polar surface area (TPSA) is 103 Å². The Kier molecular flexibility index (Phi) is 8.41. The lowest BCUT2D eigenvalue weighted by atomic mass is 10.0. The van der Waals surface area contributed by atoms with E-state index >= 15 is 0 Å². The fourth-order valence-electron chi connectivity index (χ4n) is 5.24. The second-order valence-corrected chi connectivity index (χ2v) is 10.7. The predicted octanol–water partition coefficient (Wildman–Crippen LogP) is 5.86. The molecule has 0 radical (unpaired) electrons. The van der Waals surface area contributed by atoms with Crippen LogP contribution in [0.2, 0.25) is 0 Å². The zero-order valence-electron chi connectivity index (χ0n) is 24.3. The minimum atomic E-state index is -4.69. The molecule has 2 N–H and O–H groups in total. The number of halogens is 3. The molecule has 6 rings (SSSR count). The Hall–Kier alpha value is -5.67. The third-order valence-electron chi connectivity index (χ3n) is 7.67. The molecule has 46 heavy (non-hydrogen) atoms. The Morgan fingerprint density at radius 2 is 1.67 bits per heavy atom. The molecular formula is C34H27F3N6O3. The van der Waals surface area contributed by atoms with Crippen molar-refractivity contribution in [3.05, 3.63) is 119 Å². The van der Waals surface area contributed by atoms with Crippen LogP contribution in [0.15, 0.2) is 91.4 Å². The number of imidazole rings is 1. The monoisotopic (exact) mass is 624 g/mol. The summed E-state index contributed by atoms with van der Waals surface area (Å²) in [5.41, 5.74) is 2.94. The maximum atomic E-state index is 14.0. The van der Waals surface area contributed by atoms with E-state index in [-0.39, 0.29) is 36.6 Å². The van der Waals surface area contributed by atoms with Crippen LogP contribution in [0.25, 0.3) is 16.8 Å². The van der Waals surface area contributed by atoms with Crippen LogP contribution in [0.3, 0.4) is 0 Å². The highest BCUT2D eigenvalue weighted by Gasteiger charge is 2.35. The number of piperazine rings is 1. The number of hydrogen-bond acceptors (Lipinski definition) is 5. The Morgan fingerprint density at radius 3 is 2.41 bits per heavy atom. The summed E-state index contributed by atoms with van der Waals surface area (Å²) in [6.45, 7) is 1.02. The third kappa shape index (κ3) is 6.85. The first-order valence-electron chi connectivity index (χ1n) is 14.4. The number of benzene rings is 2. The van der Waals surface area contributed by atoms with Crippen LogP contribution in [-0.2, 0) is 12.7 Å². The molecule has 1 aliphatic heterocycles. The molecule has 2 amide bonds. The third-order valence-corrected chi connectivity index (χ3v) is 7.67. The maximum Gasteiger partial charge on any atom is 0.416 e. The van der Waals surface area contributed by atoms with Crippen molar-refractivity contribution in [3.63, 3.8) is 0 Å². The highest BCUT2D eigenvalue weighted by atomic mass is 19.4. The number of carbonyl (C=O) groups is 2. The molecule has 0 aliphatic carbocycles. The molecule has 5 aromatic rings. The van der Waals surface area contributed by atoms with Crippen molar-refractivity contribution in [1.29, 1.82) is 0 Å². The second-order valence-electron chi connectivity index (χ2n) is 10.7. The van der Waals surface area contributed by atoms with Crippen molar-refractivity contribution in [2.45, 2.75) is 12.7 Å². The van der Waals surface area contributed by atoms with Gasteiger partial charge < -0.3 is 15.3 Å². The highest BCUT2D eigenvalue weighted by Crippen LogP contribution is 2.34. The van der Waals surface area contributed by atoms with Gasteiger partial charge in [0.1, 0.15) is 17.2 Å². The zero-order chi connectivity index (χ0) is 32.3. The highest BCUT2D eigenvalue weighted by molar-refractivity contribution is 6.04. The van der Waals surface area contributed by atoms with Crippen molar-refractivity contribution >= 4 is 23.5 Å². The van der Waals surface area contributed by atoms with Gasteiger partial charge in [0.2, 0.25) is 0 Å². The van der Waals surface area contributed by atoms with Crippen molar-refractivity contribution < 1.29 is 27.9 Å². The molecule has 9 nitrogen and oxygen atoms in total. The first kappa shape index (κ1) is 30.4. The van der Waals surface area contributed by atoms with Gasteiger partial charge in [0.05, 0.1) is 11.8 Å². The summed E-state index contributed by atoms with van der Waals surface area (Å²) in [5.74, 6) is 5.49. The first-order chi connectivity index (χ1) is 22.1. The number of carboxylic acid groups (broad SMARTS) is 1. The lowest BCUT2D eigenvalue weighted by molar-refractivity contribution is -0.138. The summed E-state index contributed by atoms with van der Waals surface area (Å²) in [4.78, 5) is 35.7. The molecule has 0 saturated carbocycles. The van der Waals surface area contributed by atoms with Crippen LogP contribution < -0.4 is 5.32 Å². The van der Waals surface area contributed by atoms with E-state index in [1.54, 1.807) is 17.2 Å². The van der Waals surface area contributed by atoms with Crippen LogP contribution in [0, 0.1) is 11.8 Å². The van der Waals surface area contributed by atoms with Crippen LogP contribution in [0.4, 0.5) is 23.8 Å². The zero-order valence-corrected chi connectivity index (χ0v) is 24.3. The molecule has 1 fully saturated rings. The lowest BCUT2D eigenvalue weighted by Crippen LogP contribution is -2.47. The van der Waals surface area contributed by atoms with E-state index in [4.69, 9.17) is 5.11 Å². The van der Waals surface area contributed by atoms with Gasteiger partial charge in [-0.25, -0.2) is 14.8 Å². The molecule has 1 saturated heterocycles. The minimum absolute atomic E-state index is 0.00640. The summed E-state index contributed by atoms with van der Waals surface area (Å²) in [7, 11) is 0.